The molecule has 0 aromatic heterocycles. The van der Waals surface area contributed by atoms with Gasteiger partial charge in [0.15, 0.2) is 0 Å². The van der Waals surface area contributed by atoms with Gasteiger partial charge in [-0.2, -0.15) is 0 Å². The second-order valence-electron chi connectivity index (χ2n) is 9.10. The molecule has 2 aliphatic rings. The fourth-order valence-corrected chi connectivity index (χ4v) is 5.21. The summed E-state index contributed by atoms with van der Waals surface area (Å²) in [4.78, 5) is 54.7. The van der Waals surface area contributed by atoms with E-state index < -0.39 is 11.8 Å². The molecular formula is C30H18Cl2N2O4. The van der Waals surface area contributed by atoms with Crippen LogP contribution in [0.1, 0.15) is 52.6 Å². The van der Waals surface area contributed by atoms with Crippen LogP contribution in [0, 0.1) is 0 Å². The third kappa shape index (κ3) is 3.90. The zero-order chi connectivity index (χ0) is 26.6. The number of carbonyl (C=O) groups is 4. The maximum absolute atomic E-state index is 13.2. The Morgan fingerprint density at radius 2 is 0.842 bits per heavy atom. The molecule has 6 rings (SSSR count). The summed E-state index contributed by atoms with van der Waals surface area (Å²) in [5.41, 5.74) is 3.83. The molecule has 0 bridgehead atoms. The topological polar surface area (TPSA) is 74.8 Å². The van der Waals surface area contributed by atoms with Crippen molar-refractivity contribution in [3.05, 3.63) is 128 Å². The molecule has 0 spiro atoms. The Kier molecular flexibility index (Phi) is 5.86. The molecule has 186 valence electrons. The van der Waals surface area contributed by atoms with Gasteiger partial charge in [0.2, 0.25) is 0 Å². The van der Waals surface area contributed by atoms with Gasteiger partial charge >= 0.3 is 0 Å². The highest BCUT2D eigenvalue weighted by Crippen LogP contribution is 2.34. The summed E-state index contributed by atoms with van der Waals surface area (Å²) >= 11 is 12.5. The lowest BCUT2D eigenvalue weighted by atomic mass is 9.97. The van der Waals surface area contributed by atoms with E-state index in [1.165, 1.54) is 9.80 Å². The summed E-state index contributed by atoms with van der Waals surface area (Å²) in [5.74, 6) is -1.60. The minimum absolute atomic E-state index is 0.0675. The van der Waals surface area contributed by atoms with Crippen LogP contribution in [0.5, 0.6) is 0 Å². The number of fused-ring (bicyclic) bond motifs is 2. The largest absolute Gasteiger partial charge is 0.270 e. The normalized spacial score (nSPS) is 14.4. The van der Waals surface area contributed by atoms with E-state index in [0.29, 0.717) is 43.4 Å². The highest BCUT2D eigenvalue weighted by atomic mass is 35.5. The summed E-state index contributed by atoms with van der Waals surface area (Å²) in [5, 5.41) is 0.955. The van der Waals surface area contributed by atoms with Gasteiger partial charge in [0.05, 0.1) is 35.3 Å². The Balaban J connectivity index is 1.29. The number of benzene rings is 4. The van der Waals surface area contributed by atoms with Gasteiger partial charge in [-0.3, -0.25) is 29.0 Å². The van der Waals surface area contributed by atoms with Gasteiger partial charge in [0.25, 0.3) is 23.6 Å². The van der Waals surface area contributed by atoms with Gasteiger partial charge in [-0.15, -0.1) is 0 Å². The molecule has 0 atom stereocenters. The lowest BCUT2D eigenvalue weighted by molar-refractivity contribution is 0.0627. The first kappa shape index (κ1) is 24.1. The summed E-state index contributed by atoms with van der Waals surface area (Å²) in [7, 11) is 0. The number of rotatable bonds is 5. The molecule has 0 fully saturated rings. The van der Waals surface area contributed by atoms with Crippen LogP contribution in [0.3, 0.4) is 0 Å². The number of amides is 4. The number of imide groups is 2. The predicted octanol–water partition coefficient (Wildman–Crippen LogP) is 6.25. The molecular weight excluding hydrogens is 523 g/mol. The number of hydrogen-bond acceptors (Lipinski definition) is 4. The van der Waals surface area contributed by atoms with Crippen molar-refractivity contribution in [3.63, 3.8) is 0 Å². The zero-order valence-electron chi connectivity index (χ0n) is 19.8. The SMILES string of the molecule is O=C1c2ccc(-c3ccc4c(c3)C(=O)N(Cc3ccccc3Cl)C4=O)cc2C(=O)N1Cc1ccccc1Cl. The Morgan fingerprint density at radius 1 is 0.474 bits per heavy atom. The summed E-state index contributed by atoms with van der Waals surface area (Å²) < 4.78 is 0. The van der Waals surface area contributed by atoms with E-state index in [9.17, 15) is 19.2 Å². The Morgan fingerprint density at radius 3 is 1.24 bits per heavy atom. The first-order chi connectivity index (χ1) is 18.3. The molecule has 0 saturated heterocycles. The molecule has 4 amide bonds. The second-order valence-corrected chi connectivity index (χ2v) is 9.91. The number of nitrogens with zero attached hydrogens (tertiary/aromatic N) is 2. The molecule has 4 aromatic rings. The number of hydrogen-bond donors (Lipinski definition) is 0. The number of halogens is 2. The maximum Gasteiger partial charge on any atom is 0.261 e. The molecule has 2 heterocycles. The molecule has 38 heavy (non-hydrogen) atoms. The fourth-order valence-electron chi connectivity index (χ4n) is 4.82. The van der Waals surface area contributed by atoms with Crippen LogP contribution < -0.4 is 0 Å². The fraction of sp³-hybridized carbons (Fsp3) is 0.0667. The lowest BCUT2D eigenvalue weighted by Crippen LogP contribution is -2.29. The van der Waals surface area contributed by atoms with E-state index in [2.05, 4.69) is 0 Å². The standard InChI is InChI=1S/C30H18Cl2N2O4/c31-25-7-3-1-5-19(25)15-33-27(35)21-11-9-17(13-23(21)29(33)37)18-10-12-22-24(14-18)30(38)34(28(22)36)16-20-6-2-4-8-26(20)32/h1-14H,15-16H2. The molecule has 2 aliphatic heterocycles. The minimum Gasteiger partial charge on any atom is -0.270 e. The molecule has 8 heteroatoms. The third-order valence-corrected chi connectivity index (χ3v) is 7.58. The molecule has 6 nitrogen and oxygen atoms in total. The first-order valence-corrected chi connectivity index (χ1v) is 12.6. The van der Waals surface area contributed by atoms with Gasteiger partial charge < -0.3 is 0 Å². The average Bonchev–Trinajstić information content (AvgIpc) is 3.30. The monoisotopic (exact) mass is 540 g/mol. The van der Waals surface area contributed by atoms with Crippen molar-refractivity contribution >= 4 is 46.8 Å². The highest BCUT2D eigenvalue weighted by molar-refractivity contribution is 6.32. The van der Waals surface area contributed by atoms with Crippen molar-refractivity contribution in [1.82, 2.24) is 9.80 Å². The van der Waals surface area contributed by atoms with Gasteiger partial charge in [-0.1, -0.05) is 71.7 Å². The van der Waals surface area contributed by atoms with Gasteiger partial charge in [0, 0.05) is 10.0 Å². The summed E-state index contributed by atoms with van der Waals surface area (Å²) in [6.45, 7) is 0.135. The van der Waals surface area contributed by atoms with Crippen molar-refractivity contribution in [2.45, 2.75) is 13.1 Å². The van der Waals surface area contributed by atoms with Crippen molar-refractivity contribution in [1.29, 1.82) is 0 Å². The third-order valence-electron chi connectivity index (χ3n) is 6.85. The van der Waals surface area contributed by atoms with Crippen molar-refractivity contribution in [3.8, 4) is 11.1 Å². The number of carbonyl (C=O) groups excluding carboxylic acids is 4. The van der Waals surface area contributed by atoms with E-state index in [1.54, 1.807) is 84.9 Å². The van der Waals surface area contributed by atoms with Crippen LogP contribution in [0.15, 0.2) is 84.9 Å². The first-order valence-electron chi connectivity index (χ1n) is 11.8. The van der Waals surface area contributed by atoms with Gasteiger partial charge in [0.1, 0.15) is 0 Å². The van der Waals surface area contributed by atoms with Gasteiger partial charge in [-0.05, 0) is 58.7 Å². The van der Waals surface area contributed by atoms with Crippen molar-refractivity contribution < 1.29 is 19.2 Å². The maximum atomic E-state index is 13.2. The predicted molar refractivity (Wildman–Crippen MR) is 143 cm³/mol. The van der Waals surface area contributed by atoms with Crippen LogP contribution in [-0.4, -0.2) is 33.4 Å². The van der Waals surface area contributed by atoms with Crippen LogP contribution in [0.25, 0.3) is 11.1 Å². The lowest BCUT2D eigenvalue weighted by Gasteiger charge is -2.14. The molecule has 0 unspecified atom stereocenters. The van der Waals surface area contributed by atoms with Crippen molar-refractivity contribution in [2.24, 2.45) is 0 Å². The Labute approximate surface area is 228 Å². The molecule has 4 aromatic carbocycles. The molecule has 0 radical (unpaired) electrons. The molecule has 0 saturated carbocycles. The Bertz CT molecular complexity index is 1570. The molecule has 0 aliphatic carbocycles. The quantitative estimate of drug-likeness (QED) is 0.280. The average molecular weight is 541 g/mol. The zero-order valence-corrected chi connectivity index (χ0v) is 21.3. The van der Waals surface area contributed by atoms with E-state index in [-0.39, 0.29) is 36.0 Å². The Hall–Kier alpha value is -4.26. The van der Waals surface area contributed by atoms with E-state index in [0.717, 1.165) is 0 Å². The van der Waals surface area contributed by atoms with Crippen molar-refractivity contribution in [2.75, 3.05) is 0 Å². The van der Waals surface area contributed by atoms with Gasteiger partial charge in [-0.25, -0.2) is 0 Å². The van der Waals surface area contributed by atoms with E-state index in [4.69, 9.17) is 23.2 Å². The summed E-state index contributed by atoms with van der Waals surface area (Å²) in [6, 6.07) is 24.1. The minimum atomic E-state index is -0.412. The smallest absolute Gasteiger partial charge is 0.261 e. The van der Waals surface area contributed by atoms with Crippen LogP contribution in [0.4, 0.5) is 0 Å². The summed E-state index contributed by atoms with van der Waals surface area (Å²) in [6.07, 6.45) is 0. The van der Waals surface area contributed by atoms with E-state index in [1.807, 2.05) is 0 Å². The molecule has 0 N–H and O–H groups in total. The van der Waals surface area contributed by atoms with Crippen LogP contribution >= 0.6 is 23.2 Å². The van der Waals surface area contributed by atoms with E-state index >= 15 is 0 Å². The van der Waals surface area contributed by atoms with Crippen LogP contribution in [0.2, 0.25) is 10.0 Å². The van der Waals surface area contributed by atoms with Crippen LogP contribution in [-0.2, 0) is 13.1 Å². The highest BCUT2D eigenvalue weighted by Gasteiger charge is 2.38. The second kappa shape index (κ2) is 9.24.